The van der Waals surface area contributed by atoms with Crippen molar-refractivity contribution in [3.8, 4) is 11.5 Å². The van der Waals surface area contributed by atoms with Gasteiger partial charge in [-0.3, -0.25) is 4.79 Å². The smallest absolute Gasteiger partial charge is 0.348 e. The van der Waals surface area contributed by atoms with Crippen molar-refractivity contribution in [1.29, 1.82) is 0 Å². The van der Waals surface area contributed by atoms with Gasteiger partial charge < -0.3 is 35.0 Å². The Morgan fingerprint density at radius 2 is 1.81 bits per heavy atom. The van der Waals surface area contributed by atoms with Gasteiger partial charge >= 0.3 is 23.9 Å². The first kappa shape index (κ1) is 21.4. The van der Waals surface area contributed by atoms with Crippen LogP contribution in [0, 0.1) is 0 Å². The van der Waals surface area contributed by atoms with Crippen LogP contribution in [-0.2, 0) is 23.9 Å². The van der Waals surface area contributed by atoms with Gasteiger partial charge in [0.15, 0.2) is 11.5 Å². The van der Waals surface area contributed by atoms with E-state index in [4.69, 9.17) is 20.1 Å². The van der Waals surface area contributed by atoms with Crippen LogP contribution in [-0.4, -0.2) is 68.2 Å². The summed E-state index contributed by atoms with van der Waals surface area (Å²) < 4.78 is 9.31. The summed E-state index contributed by atoms with van der Waals surface area (Å²) in [5, 5.41) is 46.1. The van der Waals surface area contributed by atoms with Crippen molar-refractivity contribution in [2.24, 2.45) is 0 Å². The van der Waals surface area contributed by atoms with Crippen LogP contribution >= 0.6 is 0 Å². The lowest BCUT2D eigenvalue weighted by Crippen LogP contribution is -2.56. The fourth-order valence-electron chi connectivity index (χ4n) is 1.98. The fraction of sp³-hybridized carbons (Fsp3) is 0.250. The molecule has 0 saturated heterocycles. The zero-order valence-electron chi connectivity index (χ0n) is 13.9. The van der Waals surface area contributed by atoms with Crippen LogP contribution in [0.15, 0.2) is 24.3 Å². The van der Waals surface area contributed by atoms with E-state index < -0.39 is 42.0 Å². The summed E-state index contributed by atoms with van der Waals surface area (Å²) in [6, 6.07) is 3.99. The Bertz CT molecular complexity index is 783. The van der Waals surface area contributed by atoms with Crippen molar-refractivity contribution >= 4 is 30.0 Å². The number of rotatable bonds is 9. The quantitative estimate of drug-likeness (QED) is 0.278. The van der Waals surface area contributed by atoms with Crippen LogP contribution in [0.5, 0.6) is 11.5 Å². The SMILES string of the molecule is COc1cc(/C=C/C(=O)O[C@H](C(=O)O)[C@@](O)(CC(=O)O)C(=O)O)ccc1O. The zero-order valence-corrected chi connectivity index (χ0v) is 13.9. The highest BCUT2D eigenvalue weighted by atomic mass is 16.6. The monoisotopic (exact) mass is 384 g/mol. The number of phenolic OH excluding ortho intramolecular Hbond substituents is 1. The number of aliphatic hydroxyl groups is 1. The molecule has 0 fully saturated rings. The number of carbonyl (C=O) groups is 4. The lowest BCUT2D eigenvalue weighted by Gasteiger charge is -2.27. The first-order chi connectivity index (χ1) is 12.5. The number of carbonyl (C=O) groups excluding carboxylic acids is 1. The van der Waals surface area contributed by atoms with E-state index >= 15 is 0 Å². The van der Waals surface area contributed by atoms with Gasteiger partial charge in [0.25, 0.3) is 0 Å². The number of hydrogen-bond acceptors (Lipinski definition) is 8. The average molecular weight is 384 g/mol. The third-order valence-corrected chi connectivity index (χ3v) is 3.30. The maximum atomic E-state index is 11.8. The molecule has 1 rings (SSSR count). The second-order valence-corrected chi connectivity index (χ2v) is 5.22. The summed E-state index contributed by atoms with van der Waals surface area (Å²) in [5.41, 5.74) is -3.03. The van der Waals surface area contributed by atoms with Crippen LogP contribution in [0.2, 0.25) is 0 Å². The van der Waals surface area contributed by atoms with E-state index in [1.807, 2.05) is 0 Å². The van der Waals surface area contributed by atoms with E-state index in [0.29, 0.717) is 5.56 Å². The molecule has 27 heavy (non-hydrogen) atoms. The molecule has 146 valence electrons. The van der Waals surface area contributed by atoms with Gasteiger partial charge in [0.2, 0.25) is 11.7 Å². The van der Waals surface area contributed by atoms with Crippen molar-refractivity contribution in [3.63, 3.8) is 0 Å². The van der Waals surface area contributed by atoms with Gasteiger partial charge in [-0.25, -0.2) is 14.4 Å². The van der Waals surface area contributed by atoms with Crippen molar-refractivity contribution < 1.29 is 54.2 Å². The van der Waals surface area contributed by atoms with E-state index in [0.717, 1.165) is 12.2 Å². The van der Waals surface area contributed by atoms with Gasteiger partial charge in [-0.1, -0.05) is 6.07 Å². The number of benzene rings is 1. The number of esters is 1. The predicted molar refractivity (Wildman–Crippen MR) is 86.0 cm³/mol. The van der Waals surface area contributed by atoms with Gasteiger partial charge in [0.1, 0.15) is 0 Å². The third kappa shape index (κ3) is 5.44. The standard InChI is InChI=1S/C16H16O11/c1-26-10-6-8(2-4-9(10)17)3-5-12(20)27-13(14(21)22)16(25,15(23)24)7-11(18)19/h2-6,13,17,25H,7H2,1H3,(H,18,19)(H,21,22)(H,23,24)/b5-3+/t13-,16+/m1/s1. The minimum absolute atomic E-state index is 0.0932. The fourth-order valence-corrected chi connectivity index (χ4v) is 1.98. The highest BCUT2D eigenvalue weighted by Crippen LogP contribution is 2.27. The Hall–Kier alpha value is -3.60. The molecule has 0 radical (unpaired) electrons. The van der Waals surface area contributed by atoms with Gasteiger partial charge in [-0.2, -0.15) is 0 Å². The van der Waals surface area contributed by atoms with Crippen LogP contribution in [0.3, 0.4) is 0 Å². The summed E-state index contributed by atoms with van der Waals surface area (Å²) >= 11 is 0. The Balaban J connectivity index is 3.03. The Morgan fingerprint density at radius 1 is 1.19 bits per heavy atom. The minimum atomic E-state index is -3.37. The molecule has 0 heterocycles. The molecule has 2 atom stereocenters. The number of aliphatic carboxylic acids is 3. The minimum Gasteiger partial charge on any atom is -0.504 e. The molecular formula is C16H16O11. The molecular weight excluding hydrogens is 368 g/mol. The third-order valence-electron chi connectivity index (χ3n) is 3.30. The second kappa shape index (κ2) is 8.67. The molecule has 1 aromatic carbocycles. The van der Waals surface area contributed by atoms with Crippen LogP contribution < -0.4 is 4.74 Å². The Kier molecular flexibility index (Phi) is 6.88. The van der Waals surface area contributed by atoms with Gasteiger partial charge in [0.05, 0.1) is 13.5 Å². The van der Waals surface area contributed by atoms with E-state index in [9.17, 15) is 29.4 Å². The van der Waals surface area contributed by atoms with Crippen molar-refractivity contribution in [2.75, 3.05) is 7.11 Å². The van der Waals surface area contributed by atoms with Crippen molar-refractivity contribution in [3.05, 3.63) is 29.8 Å². The molecule has 11 nitrogen and oxygen atoms in total. The molecule has 0 amide bonds. The molecule has 0 aliphatic rings. The topological polar surface area (TPSA) is 188 Å². The molecule has 0 spiro atoms. The Labute approximate surface area is 151 Å². The molecule has 1 aromatic rings. The molecule has 0 saturated carbocycles. The summed E-state index contributed by atoms with van der Waals surface area (Å²) in [5.74, 6) is -7.46. The number of aromatic hydroxyl groups is 1. The number of phenols is 1. The molecule has 0 aromatic heterocycles. The van der Waals surface area contributed by atoms with Gasteiger partial charge in [-0.05, 0) is 23.8 Å². The van der Waals surface area contributed by atoms with Crippen molar-refractivity contribution in [2.45, 2.75) is 18.1 Å². The van der Waals surface area contributed by atoms with E-state index in [2.05, 4.69) is 4.74 Å². The first-order valence-corrected chi connectivity index (χ1v) is 7.17. The maximum Gasteiger partial charge on any atom is 0.348 e. The summed E-state index contributed by atoms with van der Waals surface area (Å²) in [4.78, 5) is 44.9. The van der Waals surface area contributed by atoms with Crippen molar-refractivity contribution in [1.82, 2.24) is 0 Å². The molecule has 0 unspecified atom stereocenters. The Morgan fingerprint density at radius 3 is 2.30 bits per heavy atom. The van der Waals surface area contributed by atoms with Gasteiger partial charge in [-0.15, -0.1) is 0 Å². The molecule has 0 bridgehead atoms. The van der Waals surface area contributed by atoms with Gasteiger partial charge in [0, 0.05) is 6.08 Å². The summed E-state index contributed by atoms with van der Waals surface area (Å²) in [6.07, 6.45) is -2.31. The lowest BCUT2D eigenvalue weighted by atomic mass is 9.92. The zero-order chi connectivity index (χ0) is 20.8. The van der Waals surface area contributed by atoms with Crippen LogP contribution in [0.4, 0.5) is 0 Å². The molecule has 0 aliphatic carbocycles. The van der Waals surface area contributed by atoms with Crippen LogP contribution in [0.25, 0.3) is 6.08 Å². The molecule has 0 aliphatic heterocycles. The van der Waals surface area contributed by atoms with E-state index in [-0.39, 0.29) is 11.5 Å². The van der Waals surface area contributed by atoms with E-state index in [1.165, 1.54) is 25.3 Å². The number of methoxy groups -OCH3 is 1. The lowest BCUT2D eigenvalue weighted by molar-refractivity contribution is -0.195. The largest absolute Gasteiger partial charge is 0.504 e. The molecule has 11 heteroatoms. The summed E-state index contributed by atoms with van der Waals surface area (Å²) in [6.45, 7) is 0. The summed E-state index contributed by atoms with van der Waals surface area (Å²) in [7, 11) is 1.30. The normalized spacial score (nSPS) is 14.1. The van der Waals surface area contributed by atoms with Crippen LogP contribution in [0.1, 0.15) is 12.0 Å². The average Bonchev–Trinajstić information content (AvgIpc) is 2.57. The molecule has 5 N–H and O–H groups in total. The predicted octanol–water partition coefficient (Wildman–Crippen LogP) is -0.299. The number of carboxylic acids is 3. The number of ether oxygens (including phenoxy) is 2. The highest BCUT2D eigenvalue weighted by molar-refractivity contribution is 5.94. The first-order valence-electron chi connectivity index (χ1n) is 7.17. The number of carboxylic acid groups (broad SMARTS) is 3. The highest BCUT2D eigenvalue weighted by Gasteiger charge is 2.52. The maximum absolute atomic E-state index is 11.8. The number of hydrogen-bond donors (Lipinski definition) is 5. The second-order valence-electron chi connectivity index (χ2n) is 5.22. The van der Waals surface area contributed by atoms with E-state index in [1.54, 1.807) is 0 Å².